The van der Waals surface area contributed by atoms with Gasteiger partial charge in [-0.2, -0.15) is 0 Å². The van der Waals surface area contributed by atoms with Crippen molar-refractivity contribution in [3.8, 4) is 5.75 Å². The van der Waals surface area contributed by atoms with Crippen LogP contribution in [0.25, 0.3) is 0 Å². The fraction of sp³-hybridized carbons (Fsp3) is 0.310. The molecule has 0 radical (unpaired) electrons. The number of hydrogen-bond acceptors (Lipinski definition) is 3. The SMILES string of the molecule is CNC(=O)C(Cc1ccccc1)N(Cc1c(Cl)cccc1Cl)C(=O)COc1ccc(C(C)(C)C)cc1Br. The number of carbonyl (C=O) groups excluding carboxylic acids is 2. The quantitative estimate of drug-likeness (QED) is 0.291. The molecule has 0 aliphatic carbocycles. The van der Waals surface area contributed by atoms with Crippen molar-refractivity contribution >= 4 is 50.9 Å². The highest BCUT2D eigenvalue weighted by molar-refractivity contribution is 9.10. The zero-order valence-electron chi connectivity index (χ0n) is 21.4. The Balaban J connectivity index is 1.92. The van der Waals surface area contributed by atoms with Crippen LogP contribution in [0.1, 0.15) is 37.5 Å². The molecule has 0 heterocycles. The molecule has 0 aromatic heterocycles. The molecule has 3 aromatic carbocycles. The highest BCUT2D eigenvalue weighted by atomic mass is 79.9. The predicted octanol–water partition coefficient (Wildman–Crippen LogP) is 6.82. The first kappa shape index (κ1) is 29.0. The second-order valence-electron chi connectivity index (χ2n) is 9.73. The Bertz CT molecular complexity index is 1230. The average Bonchev–Trinajstić information content (AvgIpc) is 2.86. The van der Waals surface area contributed by atoms with E-state index in [1.165, 1.54) is 4.90 Å². The molecule has 0 bridgehead atoms. The fourth-order valence-electron chi connectivity index (χ4n) is 3.88. The van der Waals surface area contributed by atoms with Crippen LogP contribution >= 0.6 is 39.1 Å². The summed E-state index contributed by atoms with van der Waals surface area (Å²) >= 11 is 16.4. The number of nitrogens with zero attached hydrogens (tertiary/aromatic N) is 1. The van der Waals surface area contributed by atoms with E-state index in [0.29, 0.717) is 27.8 Å². The van der Waals surface area contributed by atoms with Gasteiger partial charge in [0.15, 0.2) is 6.61 Å². The summed E-state index contributed by atoms with van der Waals surface area (Å²) in [5.74, 6) is -0.125. The standard InChI is InChI=1S/C29H31BrCl2N2O3/c1-29(2,3)20-13-14-26(22(30)16-20)37-18-27(35)34(17-21-23(31)11-8-12-24(21)32)25(28(36)33-4)15-19-9-6-5-7-10-19/h5-14,16,25H,15,17-18H2,1-4H3,(H,33,36). The summed E-state index contributed by atoms with van der Waals surface area (Å²) in [6.07, 6.45) is 0.318. The third-order valence-corrected chi connectivity index (χ3v) is 7.38. The molecular weight excluding hydrogens is 575 g/mol. The lowest BCUT2D eigenvalue weighted by Crippen LogP contribution is -2.51. The minimum Gasteiger partial charge on any atom is -0.483 e. The van der Waals surface area contributed by atoms with Crippen LogP contribution in [-0.4, -0.2) is 36.4 Å². The minimum absolute atomic E-state index is 0.0277. The number of hydrogen-bond donors (Lipinski definition) is 1. The predicted molar refractivity (Wildman–Crippen MR) is 153 cm³/mol. The van der Waals surface area contributed by atoms with E-state index in [9.17, 15) is 9.59 Å². The summed E-state index contributed by atoms with van der Waals surface area (Å²) in [4.78, 5) is 28.2. The van der Waals surface area contributed by atoms with Gasteiger partial charge in [0.05, 0.1) is 4.47 Å². The van der Waals surface area contributed by atoms with Crippen LogP contribution in [0, 0.1) is 0 Å². The van der Waals surface area contributed by atoms with E-state index >= 15 is 0 Å². The van der Waals surface area contributed by atoms with Gasteiger partial charge in [0.25, 0.3) is 5.91 Å². The summed E-state index contributed by atoms with van der Waals surface area (Å²) in [5.41, 5.74) is 2.59. The van der Waals surface area contributed by atoms with Gasteiger partial charge in [-0.15, -0.1) is 0 Å². The lowest BCUT2D eigenvalue weighted by molar-refractivity contribution is -0.142. The summed E-state index contributed by atoms with van der Waals surface area (Å²) in [6.45, 7) is 6.17. The lowest BCUT2D eigenvalue weighted by atomic mass is 9.87. The van der Waals surface area contributed by atoms with Gasteiger partial charge < -0.3 is 15.0 Å². The largest absolute Gasteiger partial charge is 0.483 e. The molecule has 0 saturated heterocycles. The highest BCUT2D eigenvalue weighted by Gasteiger charge is 2.31. The monoisotopic (exact) mass is 604 g/mol. The molecule has 0 aliphatic heterocycles. The molecule has 1 atom stereocenters. The van der Waals surface area contributed by atoms with Gasteiger partial charge in [-0.3, -0.25) is 9.59 Å². The smallest absolute Gasteiger partial charge is 0.261 e. The Hall–Kier alpha value is -2.54. The molecule has 2 amide bonds. The Morgan fingerprint density at radius 1 is 1.00 bits per heavy atom. The van der Waals surface area contributed by atoms with Crippen LogP contribution < -0.4 is 10.1 Å². The van der Waals surface area contributed by atoms with Gasteiger partial charge >= 0.3 is 0 Å². The maximum absolute atomic E-state index is 13.7. The van der Waals surface area contributed by atoms with Gasteiger partial charge in [-0.05, 0) is 56.7 Å². The van der Waals surface area contributed by atoms with Crippen LogP contribution in [0.15, 0.2) is 71.2 Å². The molecule has 1 N–H and O–H groups in total. The second kappa shape index (κ2) is 12.8. The molecule has 0 spiro atoms. The first-order valence-corrected chi connectivity index (χ1v) is 13.5. The molecule has 0 aliphatic rings. The first-order valence-electron chi connectivity index (χ1n) is 11.9. The van der Waals surface area contributed by atoms with Crippen molar-refractivity contribution in [2.45, 2.75) is 45.2 Å². The number of likely N-dealkylation sites (N-methyl/N-ethyl adjacent to an activating group) is 1. The van der Waals surface area contributed by atoms with E-state index in [1.54, 1.807) is 25.2 Å². The minimum atomic E-state index is -0.803. The normalized spacial score (nSPS) is 12.1. The molecule has 0 saturated carbocycles. The fourth-order valence-corrected chi connectivity index (χ4v) is 4.89. The number of carbonyl (C=O) groups is 2. The van der Waals surface area contributed by atoms with Crippen LogP contribution in [0.3, 0.4) is 0 Å². The number of ether oxygens (including phenoxy) is 1. The van der Waals surface area contributed by atoms with Crippen molar-refractivity contribution < 1.29 is 14.3 Å². The average molecular weight is 606 g/mol. The van der Waals surface area contributed by atoms with Crippen molar-refractivity contribution in [3.63, 3.8) is 0 Å². The summed E-state index contributed by atoms with van der Waals surface area (Å²) < 4.78 is 6.67. The van der Waals surface area contributed by atoms with Gasteiger partial charge in [-0.1, -0.05) is 86.4 Å². The lowest BCUT2D eigenvalue weighted by Gasteiger charge is -2.31. The maximum atomic E-state index is 13.7. The molecule has 5 nitrogen and oxygen atoms in total. The molecule has 1 unspecified atom stereocenters. The number of nitrogens with one attached hydrogen (secondary N) is 1. The zero-order chi connectivity index (χ0) is 27.2. The maximum Gasteiger partial charge on any atom is 0.261 e. The Labute approximate surface area is 237 Å². The van der Waals surface area contributed by atoms with Crippen molar-refractivity contribution in [2.75, 3.05) is 13.7 Å². The number of benzene rings is 3. The van der Waals surface area contributed by atoms with Gasteiger partial charge in [-0.25, -0.2) is 0 Å². The highest BCUT2D eigenvalue weighted by Crippen LogP contribution is 2.32. The number of amides is 2. The molecule has 37 heavy (non-hydrogen) atoms. The molecule has 8 heteroatoms. The van der Waals surface area contributed by atoms with Gasteiger partial charge in [0.2, 0.25) is 5.91 Å². The van der Waals surface area contributed by atoms with Crippen molar-refractivity contribution in [1.29, 1.82) is 0 Å². The van der Waals surface area contributed by atoms with E-state index in [4.69, 9.17) is 27.9 Å². The van der Waals surface area contributed by atoms with E-state index in [1.807, 2.05) is 48.5 Å². The number of halogens is 3. The van der Waals surface area contributed by atoms with E-state index in [0.717, 1.165) is 15.6 Å². The Kier molecular flexibility index (Phi) is 10.0. The van der Waals surface area contributed by atoms with Crippen LogP contribution in [0.2, 0.25) is 10.0 Å². The van der Waals surface area contributed by atoms with Crippen molar-refractivity contribution in [3.05, 3.63) is 97.9 Å². The van der Waals surface area contributed by atoms with E-state index in [-0.39, 0.29) is 30.4 Å². The third-order valence-electron chi connectivity index (χ3n) is 6.06. The Morgan fingerprint density at radius 2 is 1.65 bits per heavy atom. The van der Waals surface area contributed by atoms with Crippen LogP contribution in [-0.2, 0) is 28.0 Å². The molecule has 3 aromatic rings. The molecule has 196 valence electrons. The van der Waals surface area contributed by atoms with E-state index in [2.05, 4.69) is 42.0 Å². The third kappa shape index (κ3) is 7.73. The van der Waals surface area contributed by atoms with Crippen molar-refractivity contribution in [1.82, 2.24) is 10.2 Å². The number of rotatable bonds is 9. The first-order chi connectivity index (χ1) is 17.5. The topological polar surface area (TPSA) is 58.6 Å². The molecule has 0 fully saturated rings. The van der Waals surface area contributed by atoms with Crippen LogP contribution in [0.5, 0.6) is 5.75 Å². The Morgan fingerprint density at radius 3 is 2.22 bits per heavy atom. The molecule has 3 rings (SSSR count). The summed E-state index contributed by atoms with van der Waals surface area (Å²) in [5, 5.41) is 3.53. The van der Waals surface area contributed by atoms with Gasteiger partial charge in [0, 0.05) is 35.6 Å². The summed E-state index contributed by atoms with van der Waals surface area (Å²) in [7, 11) is 1.55. The van der Waals surface area contributed by atoms with Crippen molar-refractivity contribution in [2.24, 2.45) is 0 Å². The van der Waals surface area contributed by atoms with Crippen LogP contribution in [0.4, 0.5) is 0 Å². The second-order valence-corrected chi connectivity index (χ2v) is 11.4. The van der Waals surface area contributed by atoms with E-state index < -0.39 is 6.04 Å². The zero-order valence-corrected chi connectivity index (χ0v) is 24.5. The van der Waals surface area contributed by atoms with Gasteiger partial charge in [0.1, 0.15) is 11.8 Å². The summed E-state index contributed by atoms with van der Waals surface area (Å²) in [6, 6.07) is 19.7. The molecular formula is C29H31BrCl2N2O3.